The van der Waals surface area contributed by atoms with Crippen LogP contribution in [0.1, 0.15) is 70.6 Å². The van der Waals surface area contributed by atoms with Crippen LogP contribution in [0.25, 0.3) is 28.0 Å². The zero-order chi connectivity index (χ0) is 34.6. The van der Waals surface area contributed by atoms with Gasteiger partial charge in [-0.1, -0.05) is 26.5 Å². The molecule has 2 bridgehead atoms. The molecule has 3 aliphatic rings. The highest BCUT2D eigenvalue weighted by Crippen LogP contribution is 2.40. The van der Waals surface area contributed by atoms with Crippen molar-refractivity contribution in [1.29, 1.82) is 0 Å². The molecule has 256 valence electrons. The number of piperazine rings is 1. The van der Waals surface area contributed by atoms with Gasteiger partial charge in [-0.15, -0.1) is 0 Å². The maximum absolute atomic E-state index is 16.7. The monoisotopic (exact) mass is 667 g/mol. The standard InChI is InChI=1S/C38H43F2N7O2/c1-6-31(48)45-19-24(5)46(20-23(45)4)36-27-18-29(40)34-32-28(39)11-9-12-30(32)44(21-25-13-14-25)17-8-7-10-26-15-16-41-33(22(2)3)35(26)47(37(27)42-34)38(49)43-36/h6,9,11-12,15-16,18,22-25H,1,7-8,10,13-14,17,19-21H2,2-5H3/t23-,24+/m1/s1. The molecule has 1 aliphatic carbocycles. The van der Waals surface area contributed by atoms with Gasteiger partial charge in [0.15, 0.2) is 11.5 Å². The van der Waals surface area contributed by atoms with Crippen LogP contribution in [-0.4, -0.2) is 68.6 Å². The number of anilines is 2. The second kappa shape index (κ2) is 13.0. The summed E-state index contributed by atoms with van der Waals surface area (Å²) in [6.45, 7) is 13.7. The second-order valence-corrected chi connectivity index (χ2v) is 14.1. The Kier molecular flexibility index (Phi) is 8.71. The van der Waals surface area contributed by atoms with Gasteiger partial charge < -0.3 is 14.7 Å². The molecule has 2 fully saturated rings. The van der Waals surface area contributed by atoms with Crippen LogP contribution in [0, 0.1) is 17.6 Å². The van der Waals surface area contributed by atoms with E-state index in [1.807, 2.05) is 44.7 Å². The molecule has 0 radical (unpaired) electrons. The summed E-state index contributed by atoms with van der Waals surface area (Å²) in [5, 5.41) is 0.329. The number of pyridine rings is 2. The zero-order valence-electron chi connectivity index (χ0n) is 28.6. The van der Waals surface area contributed by atoms with Crippen LogP contribution in [0.3, 0.4) is 0 Å². The van der Waals surface area contributed by atoms with Crippen LogP contribution in [0.2, 0.25) is 0 Å². The van der Waals surface area contributed by atoms with E-state index in [0.717, 1.165) is 37.8 Å². The fourth-order valence-electron chi connectivity index (χ4n) is 7.49. The molecule has 11 heteroatoms. The smallest absolute Gasteiger partial charge is 0.355 e. The number of fused-ring (bicyclic) bond motifs is 5. The molecule has 0 N–H and O–H groups in total. The third-order valence-corrected chi connectivity index (χ3v) is 10.2. The minimum atomic E-state index is -0.704. The van der Waals surface area contributed by atoms with Gasteiger partial charge >= 0.3 is 5.69 Å². The third kappa shape index (κ3) is 5.97. The number of amides is 1. The van der Waals surface area contributed by atoms with Gasteiger partial charge in [0.1, 0.15) is 17.3 Å². The Hall–Kier alpha value is -4.67. The minimum absolute atomic E-state index is 0.0456. The molecule has 0 unspecified atom stereocenters. The summed E-state index contributed by atoms with van der Waals surface area (Å²) in [7, 11) is 0. The lowest BCUT2D eigenvalue weighted by molar-refractivity contribution is -0.128. The lowest BCUT2D eigenvalue weighted by Gasteiger charge is -2.44. The van der Waals surface area contributed by atoms with E-state index in [9.17, 15) is 9.59 Å². The van der Waals surface area contributed by atoms with Crippen molar-refractivity contribution in [3.8, 4) is 16.9 Å². The van der Waals surface area contributed by atoms with Crippen LogP contribution in [0.15, 0.2) is 54.0 Å². The summed E-state index contributed by atoms with van der Waals surface area (Å²) in [6, 6.07) is 7.66. The van der Waals surface area contributed by atoms with E-state index < -0.39 is 17.3 Å². The van der Waals surface area contributed by atoms with Crippen LogP contribution in [0.5, 0.6) is 0 Å². The Morgan fingerprint density at radius 2 is 1.86 bits per heavy atom. The van der Waals surface area contributed by atoms with E-state index >= 15 is 8.78 Å². The average molecular weight is 668 g/mol. The molecule has 7 rings (SSSR count). The van der Waals surface area contributed by atoms with Gasteiger partial charge in [0.2, 0.25) is 5.91 Å². The van der Waals surface area contributed by atoms with Gasteiger partial charge in [0.05, 0.1) is 22.3 Å². The number of halogens is 2. The molecule has 2 aliphatic heterocycles. The lowest BCUT2D eigenvalue weighted by Crippen LogP contribution is -2.58. The molecule has 49 heavy (non-hydrogen) atoms. The van der Waals surface area contributed by atoms with Gasteiger partial charge in [-0.05, 0) is 93.7 Å². The van der Waals surface area contributed by atoms with Gasteiger partial charge in [0.25, 0.3) is 0 Å². The Bertz CT molecular complexity index is 2010. The Balaban J connectivity index is 1.53. The molecule has 9 nitrogen and oxygen atoms in total. The van der Waals surface area contributed by atoms with Crippen molar-refractivity contribution in [2.45, 2.75) is 77.8 Å². The molecule has 1 saturated heterocycles. The number of carbonyl (C=O) groups excluding carboxylic acids is 1. The number of benzene rings is 1. The quantitative estimate of drug-likeness (QED) is 0.228. The highest BCUT2D eigenvalue weighted by Gasteiger charge is 2.35. The third-order valence-electron chi connectivity index (χ3n) is 10.2. The Labute approximate surface area is 285 Å². The van der Waals surface area contributed by atoms with E-state index in [1.54, 1.807) is 17.2 Å². The number of hydrogen-bond acceptors (Lipinski definition) is 7. The fraction of sp³-hybridized carbons (Fsp3) is 0.447. The number of carbonyl (C=O) groups is 1. The van der Waals surface area contributed by atoms with Crippen molar-refractivity contribution in [1.82, 2.24) is 24.4 Å². The Morgan fingerprint density at radius 1 is 1.06 bits per heavy atom. The fourth-order valence-corrected chi connectivity index (χ4v) is 7.49. The molecule has 1 amide bonds. The average Bonchev–Trinajstić information content (AvgIpc) is 3.90. The van der Waals surface area contributed by atoms with Crippen LogP contribution >= 0.6 is 0 Å². The van der Waals surface area contributed by atoms with E-state index in [0.29, 0.717) is 54.4 Å². The largest absolute Gasteiger partial charge is 0.371 e. The van der Waals surface area contributed by atoms with E-state index in [-0.39, 0.29) is 46.6 Å². The topological polar surface area (TPSA) is 87.5 Å². The molecule has 2 atom stereocenters. The molecule has 5 heterocycles. The van der Waals surface area contributed by atoms with Crippen LogP contribution < -0.4 is 15.5 Å². The highest BCUT2D eigenvalue weighted by atomic mass is 19.1. The molecule has 1 saturated carbocycles. The molecular weight excluding hydrogens is 624 g/mol. The molecular formula is C38H43F2N7O2. The summed E-state index contributed by atoms with van der Waals surface area (Å²) in [5.74, 6) is -0.696. The molecule has 3 aromatic heterocycles. The first kappa shape index (κ1) is 32.9. The van der Waals surface area contributed by atoms with Gasteiger partial charge in [-0.3, -0.25) is 9.78 Å². The number of rotatable bonds is 5. The van der Waals surface area contributed by atoms with E-state index in [4.69, 9.17) is 9.97 Å². The predicted molar refractivity (Wildman–Crippen MR) is 188 cm³/mol. The van der Waals surface area contributed by atoms with Gasteiger partial charge in [-0.2, -0.15) is 4.98 Å². The van der Waals surface area contributed by atoms with E-state index in [1.165, 1.54) is 22.8 Å². The number of aryl methyl sites for hydroxylation is 1. The first-order valence-corrected chi connectivity index (χ1v) is 17.4. The first-order chi connectivity index (χ1) is 23.6. The number of aromatic nitrogens is 4. The van der Waals surface area contributed by atoms with Gasteiger partial charge in [-0.25, -0.2) is 23.1 Å². The number of hydrogen-bond donors (Lipinski definition) is 0. The van der Waals surface area contributed by atoms with Crippen LogP contribution in [0.4, 0.5) is 20.3 Å². The summed E-state index contributed by atoms with van der Waals surface area (Å²) < 4.78 is 34.2. The van der Waals surface area contributed by atoms with Crippen molar-refractivity contribution >= 4 is 28.4 Å². The van der Waals surface area contributed by atoms with Crippen molar-refractivity contribution in [3.05, 3.63) is 82.6 Å². The van der Waals surface area contributed by atoms with Crippen molar-refractivity contribution in [2.24, 2.45) is 5.92 Å². The second-order valence-electron chi connectivity index (χ2n) is 14.1. The van der Waals surface area contributed by atoms with E-state index in [2.05, 4.69) is 16.5 Å². The Morgan fingerprint density at radius 3 is 2.59 bits per heavy atom. The normalized spacial score (nSPS) is 19.7. The maximum atomic E-state index is 16.7. The van der Waals surface area contributed by atoms with Crippen molar-refractivity contribution in [2.75, 3.05) is 36.0 Å². The summed E-state index contributed by atoms with van der Waals surface area (Å²) >= 11 is 0. The summed E-state index contributed by atoms with van der Waals surface area (Å²) in [6.07, 6.45) is 7.65. The molecule has 1 aromatic carbocycles. The highest BCUT2D eigenvalue weighted by molar-refractivity contribution is 5.92. The first-order valence-electron chi connectivity index (χ1n) is 17.4. The van der Waals surface area contributed by atoms with Crippen molar-refractivity contribution in [3.63, 3.8) is 0 Å². The number of nitrogens with zero attached hydrogens (tertiary/aromatic N) is 7. The van der Waals surface area contributed by atoms with Gasteiger partial charge in [0, 0.05) is 50.1 Å². The van der Waals surface area contributed by atoms with Crippen LogP contribution in [-0.2, 0) is 11.2 Å². The van der Waals surface area contributed by atoms with Crippen molar-refractivity contribution < 1.29 is 13.6 Å². The maximum Gasteiger partial charge on any atom is 0.355 e. The zero-order valence-corrected chi connectivity index (χ0v) is 28.6. The predicted octanol–water partition coefficient (Wildman–Crippen LogP) is 6.41. The SMILES string of the molecule is C=CC(=O)N1C[C@H](C)N(c2nc(=O)n3c4nc(c(F)cc24)-c2c(F)cccc2N(CC2CC2)CCCCc2ccnc(C(C)C)c2-3)C[C@H]1C. The molecule has 4 aromatic rings. The lowest BCUT2D eigenvalue weighted by atomic mass is 10.00. The summed E-state index contributed by atoms with van der Waals surface area (Å²) in [5.41, 5.74) is 2.40. The molecule has 0 spiro atoms. The summed E-state index contributed by atoms with van der Waals surface area (Å²) in [4.78, 5) is 47.2. The minimum Gasteiger partial charge on any atom is -0.371 e.